The molecule has 0 heterocycles. The zero-order chi connectivity index (χ0) is 14.6. The predicted octanol–water partition coefficient (Wildman–Crippen LogP) is 2.62. The van der Waals surface area contributed by atoms with Gasteiger partial charge in [-0.15, -0.1) is 0 Å². The van der Waals surface area contributed by atoms with Crippen molar-refractivity contribution in [3.63, 3.8) is 0 Å². The zero-order valence-corrected chi connectivity index (χ0v) is 12.5. The van der Waals surface area contributed by atoms with Crippen LogP contribution in [-0.2, 0) is 0 Å². The molecule has 0 aliphatic heterocycles. The highest BCUT2D eigenvalue weighted by atomic mass is 16.5. The van der Waals surface area contributed by atoms with E-state index < -0.39 is 0 Å². The van der Waals surface area contributed by atoms with Crippen LogP contribution in [0.5, 0.6) is 11.5 Å². The molecule has 0 fully saturated rings. The largest absolute Gasteiger partial charge is 0.496 e. The molecular formula is C15H23NO3. The molecule has 0 bridgehead atoms. The number of ketones is 1. The molecule has 0 saturated heterocycles. The lowest BCUT2D eigenvalue weighted by Crippen LogP contribution is -2.31. The summed E-state index contributed by atoms with van der Waals surface area (Å²) in [6.07, 6.45) is 0. The summed E-state index contributed by atoms with van der Waals surface area (Å²) in [4.78, 5) is 12.3. The van der Waals surface area contributed by atoms with Crippen LogP contribution in [0.25, 0.3) is 0 Å². The Kier molecular flexibility index (Phi) is 5.36. The smallest absolute Gasteiger partial charge is 0.183 e. The lowest BCUT2D eigenvalue weighted by molar-refractivity contribution is 0.0951. The first-order valence-electron chi connectivity index (χ1n) is 6.43. The minimum Gasteiger partial charge on any atom is -0.496 e. The van der Waals surface area contributed by atoms with Gasteiger partial charge >= 0.3 is 0 Å². The van der Waals surface area contributed by atoms with Gasteiger partial charge in [-0.25, -0.2) is 0 Å². The van der Waals surface area contributed by atoms with E-state index in [-0.39, 0.29) is 11.8 Å². The number of methoxy groups -OCH3 is 2. The Morgan fingerprint density at radius 3 is 2.11 bits per heavy atom. The van der Waals surface area contributed by atoms with Gasteiger partial charge in [-0.1, -0.05) is 13.8 Å². The Hall–Kier alpha value is -1.55. The van der Waals surface area contributed by atoms with Crippen molar-refractivity contribution in [2.24, 2.45) is 0 Å². The van der Waals surface area contributed by atoms with E-state index in [1.807, 2.05) is 13.0 Å². The summed E-state index contributed by atoms with van der Waals surface area (Å²) in [5.74, 6) is 1.61. The van der Waals surface area contributed by atoms with Crippen molar-refractivity contribution >= 4 is 5.78 Å². The van der Waals surface area contributed by atoms with Crippen LogP contribution in [0.4, 0.5) is 0 Å². The molecule has 1 aromatic rings. The average Bonchev–Trinajstić information content (AvgIpc) is 2.43. The summed E-state index contributed by atoms with van der Waals surface area (Å²) in [6, 6.07) is 3.40. The van der Waals surface area contributed by atoms with Crippen molar-refractivity contribution in [1.82, 2.24) is 5.32 Å². The zero-order valence-electron chi connectivity index (χ0n) is 12.5. The number of carbonyl (C=O) groups is 1. The van der Waals surface area contributed by atoms with E-state index in [9.17, 15) is 4.79 Å². The van der Waals surface area contributed by atoms with Gasteiger partial charge in [-0.05, 0) is 32.0 Å². The number of likely N-dealkylation sites (N-methyl/N-ethyl adjacent to an activating group) is 1. The SMILES string of the molecule is CNC(C)C(=O)c1cc(OC)c(C(C)C)cc1OC. The standard InChI is InChI=1S/C15H23NO3/c1-9(2)11-7-14(19-6)12(8-13(11)18-5)15(17)10(3)16-4/h7-10,16H,1-6H3. The summed E-state index contributed by atoms with van der Waals surface area (Å²) in [6.45, 7) is 5.98. The Balaban J connectivity index is 3.36. The maximum absolute atomic E-state index is 12.3. The molecule has 0 aliphatic rings. The second-order valence-electron chi connectivity index (χ2n) is 4.82. The van der Waals surface area contributed by atoms with E-state index in [0.717, 1.165) is 11.3 Å². The molecule has 0 spiro atoms. The number of hydrogen-bond donors (Lipinski definition) is 1. The van der Waals surface area contributed by atoms with E-state index in [0.29, 0.717) is 17.2 Å². The van der Waals surface area contributed by atoms with Crippen LogP contribution in [0.2, 0.25) is 0 Å². The molecule has 19 heavy (non-hydrogen) atoms. The molecule has 0 radical (unpaired) electrons. The van der Waals surface area contributed by atoms with Crippen molar-refractivity contribution in [3.8, 4) is 11.5 Å². The molecular weight excluding hydrogens is 242 g/mol. The number of carbonyl (C=O) groups excluding carboxylic acids is 1. The fourth-order valence-corrected chi connectivity index (χ4v) is 1.93. The summed E-state index contributed by atoms with van der Waals surface area (Å²) in [5, 5.41) is 2.94. The number of nitrogens with one attached hydrogen (secondary N) is 1. The third-order valence-corrected chi connectivity index (χ3v) is 3.27. The Labute approximate surface area is 115 Å². The number of hydrogen-bond acceptors (Lipinski definition) is 4. The third kappa shape index (κ3) is 3.26. The minimum atomic E-state index is -0.261. The molecule has 0 aliphatic carbocycles. The first-order chi connectivity index (χ1) is 8.96. The van der Waals surface area contributed by atoms with Gasteiger partial charge < -0.3 is 14.8 Å². The second kappa shape index (κ2) is 6.57. The molecule has 106 valence electrons. The summed E-state index contributed by atoms with van der Waals surface area (Å²) in [5.41, 5.74) is 1.58. The van der Waals surface area contributed by atoms with Gasteiger partial charge in [-0.2, -0.15) is 0 Å². The topological polar surface area (TPSA) is 47.6 Å². The Bertz CT molecular complexity index is 455. The second-order valence-corrected chi connectivity index (χ2v) is 4.82. The predicted molar refractivity (Wildman–Crippen MR) is 76.5 cm³/mol. The van der Waals surface area contributed by atoms with Crippen molar-refractivity contribution in [3.05, 3.63) is 23.3 Å². The minimum absolute atomic E-state index is 0.00652. The van der Waals surface area contributed by atoms with Crippen molar-refractivity contribution in [1.29, 1.82) is 0 Å². The normalized spacial score (nSPS) is 12.4. The molecule has 0 amide bonds. The summed E-state index contributed by atoms with van der Waals surface area (Å²) in [7, 11) is 4.95. The highest BCUT2D eigenvalue weighted by Gasteiger charge is 2.21. The van der Waals surface area contributed by atoms with E-state index in [4.69, 9.17) is 9.47 Å². The highest BCUT2D eigenvalue weighted by Crippen LogP contribution is 2.34. The molecule has 4 nitrogen and oxygen atoms in total. The molecule has 1 aromatic carbocycles. The number of rotatable bonds is 6. The van der Waals surface area contributed by atoms with E-state index in [1.165, 1.54) is 0 Å². The first kappa shape index (κ1) is 15.5. The lowest BCUT2D eigenvalue weighted by atomic mass is 9.96. The van der Waals surface area contributed by atoms with Crippen molar-refractivity contribution < 1.29 is 14.3 Å². The maximum atomic E-state index is 12.3. The first-order valence-corrected chi connectivity index (χ1v) is 6.43. The van der Waals surface area contributed by atoms with Gasteiger partial charge in [0.25, 0.3) is 0 Å². The molecule has 1 N–H and O–H groups in total. The van der Waals surface area contributed by atoms with Crippen molar-refractivity contribution in [2.75, 3.05) is 21.3 Å². The van der Waals surface area contributed by atoms with Crippen LogP contribution >= 0.6 is 0 Å². The molecule has 0 saturated carbocycles. The molecule has 1 atom stereocenters. The van der Waals surface area contributed by atoms with Gasteiger partial charge in [0.15, 0.2) is 5.78 Å². The summed E-state index contributed by atoms with van der Waals surface area (Å²) < 4.78 is 10.7. The van der Waals surface area contributed by atoms with Gasteiger partial charge in [0.1, 0.15) is 11.5 Å². The van der Waals surface area contributed by atoms with Gasteiger partial charge in [0.2, 0.25) is 0 Å². The van der Waals surface area contributed by atoms with Crippen LogP contribution in [-0.4, -0.2) is 33.1 Å². The molecule has 1 rings (SSSR count). The fraction of sp³-hybridized carbons (Fsp3) is 0.533. The Morgan fingerprint density at radius 1 is 1.11 bits per heavy atom. The maximum Gasteiger partial charge on any atom is 0.183 e. The molecule has 0 aromatic heterocycles. The summed E-state index contributed by atoms with van der Waals surface area (Å²) >= 11 is 0. The fourth-order valence-electron chi connectivity index (χ4n) is 1.93. The molecule has 4 heteroatoms. The van der Waals surface area contributed by atoms with E-state index in [2.05, 4.69) is 19.2 Å². The van der Waals surface area contributed by atoms with Gasteiger partial charge in [0, 0.05) is 5.56 Å². The van der Waals surface area contributed by atoms with Crippen LogP contribution in [0, 0.1) is 0 Å². The average molecular weight is 265 g/mol. The monoisotopic (exact) mass is 265 g/mol. The third-order valence-electron chi connectivity index (χ3n) is 3.27. The number of benzene rings is 1. The van der Waals surface area contributed by atoms with Gasteiger partial charge in [0.05, 0.1) is 25.8 Å². The lowest BCUT2D eigenvalue weighted by Gasteiger charge is -2.18. The quantitative estimate of drug-likeness (QED) is 0.803. The van der Waals surface area contributed by atoms with Crippen LogP contribution in [0.1, 0.15) is 42.6 Å². The van der Waals surface area contributed by atoms with E-state index >= 15 is 0 Å². The van der Waals surface area contributed by atoms with Gasteiger partial charge in [-0.3, -0.25) is 4.79 Å². The van der Waals surface area contributed by atoms with Crippen molar-refractivity contribution in [2.45, 2.75) is 32.7 Å². The Morgan fingerprint density at radius 2 is 1.68 bits per heavy atom. The number of Topliss-reactive ketones (excluding diaryl/α,β-unsaturated/α-hetero) is 1. The number of ether oxygens (including phenoxy) is 2. The van der Waals surface area contributed by atoms with E-state index in [1.54, 1.807) is 27.3 Å². The molecule has 1 unspecified atom stereocenters. The highest BCUT2D eigenvalue weighted by molar-refractivity contribution is 6.02. The van der Waals surface area contributed by atoms with Crippen LogP contribution in [0.3, 0.4) is 0 Å². The van der Waals surface area contributed by atoms with Crippen LogP contribution < -0.4 is 14.8 Å². The van der Waals surface area contributed by atoms with Crippen LogP contribution in [0.15, 0.2) is 12.1 Å².